The average Bonchev–Trinajstić information content (AvgIpc) is 3.88. The van der Waals surface area contributed by atoms with E-state index < -0.39 is 84.0 Å². The Hall–Kier alpha value is -3.84. The van der Waals surface area contributed by atoms with E-state index in [4.69, 9.17) is 5.73 Å². The fraction of sp³-hybridized carbons (Fsp3) is 0.632. The molecule has 0 aliphatic carbocycles. The van der Waals surface area contributed by atoms with Gasteiger partial charge in [-0.15, -0.1) is 23.5 Å². The Morgan fingerprint density at radius 3 is 1.66 bits per heavy atom. The summed E-state index contributed by atoms with van der Waals surface area (Å²) < 4.78 is 0. The topological polar surface area (TPSA) is 254 Å². The zero-order chi connectivity index (χ0) is 41.7. The molecule has 2 heterocycles. The Bertz CT molecular complexity index is 1590. The third-order valence-corrected chi connectivity index (χ3v) is 12.3. The van der Waals surface area contributed by atoms with Crippen LogP contribution in [-0.2, 0) is 35.2 Å². The second-order valence-electron chi connectivity index (χ2n) is 14.5. The van der Waals surface area contributed by atoms with Gasteiger partial charge >= 0.3 is 0 Å². The molecule has 4 unspecified atom stereocenters. The zero-order valence-corrected chi connectivity index (χ0v) is 34.7. The molecule has 0 fully saturated rings. The van der Waals surface area contributed by atoms with E-state index in [2.05, 4.69) is 36.6 Å². The molecule has 0 saturated heterocycles. The fourth-order valence-electron chi connectivity index (χ4n) is 5.88. The van der Waals surface area contributed by atoms with Crippen molar-refractivity contribution in [1.82, 2.24) is 26.6 Å². The molecule has 9 N–H and O–H groups in total. The summed E-state index contributed by atoms with van der Waals surface area (Å²) in [6, 6.07) is 1.99. The molecule has 310 valence electrons. The first kappa shape index (κ1) is 46.5. The number of amides is 5. The van der Waals surface area contributed by atoms with E-state index in [1.54, 1.807) is 20.8 Å². The van der Waals surface area contributed by atoms with Crippen molar-refractivity contribution in [3.63, 3.8) is 0 Å². The van der Waals surface area contributed by atoms with Gasteiger partial charge in [-0.2, -0.15) is 0 Å². The number of nitrogens with zero attached hydrogens (tertiary/aromatic N) is 2. The zero-order valence-electron chi connectivity index (χ0n) is 33.1. The molecule has 5 amide bonds. The maximum absolute atomic E-state index is 13.9. The van der Waals surface area contributed by atoms with E-state index in [9.17, 15) is 39.0 Å². The van der Waals surface area contributed by atoms with Crippen LogP contribution in [0.2, 0.25) is 0 Å². The summed E-state index contributed by atoms with van der Waals surface area (Å²) in [5.41, 5.74) is 6.78. The molecule has 3 rings (SSSR count). The van der Waals surface area contributed by atoms with Crippen LogP contribution in [0.3, 0.4) is 0 Å². The quantitative estimate of drug-likeness (QED) is 0.0772. The Morgan fingerprint density at radius 2 is 1.21 bits per heavy atom. The molecule has 2 aliphatic heterocycles. The van der Waals surface area contributed by atoms with Crippen LogP contribution >= 0.6 is 23.5 Å². The van der Waals surface area contributed by atoms with Gasteiger partial charge in [-0.25, -0.2) is 0 Å². The molecule has 0 spiro atoms. The fourth-order valence-corrected chi connectivity index (χ4v) is 8.00. The third kappa shape index (κ3) is 13.1. The number of aliphatic imine (C=N–C) groups is 2. The van der Waals surface area contributed by atoms with E-state index in [0.717, 1.165) is 5.56 Å². The normalized spacial score (nSPS) is 22.0. The van der Waals surface area contributed by atoms with Crippen molar-refractivity contribution < 1.29 is 39.0 Å². The number of nitrogens with one attached hydrogen (secondary N) is 5. The Labute approximate surface area is 337 Å². The van der Waals surface area contributed by atoms with Gasteiger partial charge in [0.1, 0.15) is 42.5 Å². The molecular weight excluding hydrogens is 761 g/mol. The molecule has 2 aliphatic rings. The molecule has 1 aromatic carbocycles. The summed E-state index contributed by atoms with van der Waals surface area (Å²) in [6.45, 7) is 11.8. The lowest BCUT2D eigenvalue weighted by Crippen LogP contribution is -2.60. The molecular formula is C38H58N8O8S2. The van der Waals surface area contributed by atoms with Gasteiger partial charge in [-0.3, -0.25) is 34.0 Å². The van der Waals surface area contributed by atoms with E-state index in [1.165, 1.54) is 37.4 Å². The second kappa shape index (κ2) is 22.2. The first-order valence-corrected chi connectivity index (χ1v) is 21.0. The van der Waals surface area contributed by atoms with Gasteiger partial charge in [-0.05, 0) is 44.6 Å². The van der Waals surface area contributed by atoms with Gasteiger partial charge in [0, 0.05) is 17.5 Å². The Morgan fingerprint density at radius 1 is 0.732 bits per heavy atom. The number of rotatable bonds is 21. The van der Waals surface area contributed by atoms with Crippen LogP contribution in [-0.4, -0.2) is 128 Å². The summed E-state index contributed by atoms with van der Waals surface area (Å²) in [5.74, 6) is -2.96. The van der Waals surface area contributed by atoms with Crippen molar-refractivity contribution in [2.24, 2.45) is 27.6 Å². The number of carbonyl (C=O) groups is 6. The SMILES string of the molecule is CC[C@H](C)C(NC(=O)C1CSC([C@@H](C)N)=N1)C(=O)N[C@H](C(=O)N[C@H](Cc1ccccc1)C1=NC(C(=O)N[C@H](C(=O)NC(C=O)[C@@H](C)O)[C@@H](C)CC)CS1)[C@@H](C)O. The summed E-state index contributed by atoms with van der Waals surface area (Å²) in [4.78, 5) is 88.1. The minimum atomic E-state index is -1.41. The minimum Gasteiger partial charge on any atom is -0.391 e. The van der Waals surface area contributed by atoms with Gasteiger partial charge in [0.05, 0.1) is 28.3 Å². The molecule has 18 heteroatoms. The summed E-state index contributed by atoms with van der Waals surface area (Å²) in [6.07, 6.45) is -0.689. The number of benzene rings is 1. The highest BCUT2D eigenvalue weighted by Crippen LogP contribution is 2.24. The molecule has 1 aromatic rings. The minimum absolute atomic E-state index is 0.212. The van der Waals surface area contributed by atoms with Gasteiger partial charge in [0.2, 0.25) is 29.5 Å². The number of hydrogen-bond acceptors (Lipinski definition) is 13. The first-order chi connectivity index (χ1) is 26.5. The summed E-state index contributed by atoms with van der Waals surface area (Å²) in [7, 11) is 0. The van der Waals surface area contributed by atoms with E-state index in [1.807, 2.05) is 44.2 Å². The second-order valence-corrected chi connectivity index (χ2v) is 16.6. The van der Waals surface area contributed by atoms with Gasteiger partial charge in [0.25, 0.3) is 0 Å². The van der Waals surface area contributed by atoms with Crippen molar-refractivity contribution >= 4 is 69.4 Å². The van der Waals surface area contributed by atoms with E-state index >= 15 is 0 Å². The van der Waals surface area contributed by atoms with E-state index in [-0.39, 0.29) is 30.1 Å². The number of thioether (sulfide) groups is 2. The lowest BCUT2D eigenvalue weighted by atomic mass is 9.97. The standard InChI is InChI=1S/C38H58N8O8S2/c1-8-19(3)29(34(52)41-26(16-47)22(6)48)44-33(51)28-18-56-38(43-28)25(15-24-13-11-10-12-14-24)40-36(54)31(23(7)49)46-35(53)30(20(4)9-2)45-32(50)27-17-55-37(42-27)21(5)39/h10-14,16,19-23,25-31,48-49H,8-9,15,17-18,39H2,1-7H3,(H,40,54)(H,41,52)(H,44,51)(H,45,50)(H,46,53)/t19-,20-,21+,22+,23+,25+,26?,27?,28?,29-,30?,31-/m0/s1. The summed E-state index contributed by atoms with van der Waals surface area (Å²) in [5, 5.41) is 35.3. The maximum atomic E-state index is 13.9. The maximum Gasteiger partial charge on any atom is 0.246 e. The number of hydrogen-bond donors (Lipinski definition) is 8. The highest BCUT2D eigenvalue weighted by atomic mass is 32.2. The smallest absolute Gasteiger partial charge is 0.246 e. The van der Waals surface area contributed by atoms with Crippen LogP contribution in [0, 0.1) is 11.8 Å². The molecule has 0 aromatic heterocycles. The molecule has 56 heavy (non-hydrogen) atoms. The van der Waals surface area contributed by atoms with Gasteiger partial charge < -0.3 is 47.3 Å². The van der Waals surface area contributed by atoms with Crippen LogP contribution in [0.1, 0.15) is 66.9 Å². The monoisotopic (exact) mass is 818 g/mol. The average molecular weight is 819 g/mol. The van der Waals surface area contributed by atoms with Crippen molar-refractivity contribution in [2.45, 2.75) is 128 Å². The molecule has 16 nitrogen and oxygen atoms in total. The molecule has 12 atom stereocenters. The lowest BCUT2D eigenvalue weighted by Gasteiger charge is -2.29. The third-order valence-electron chi connectivity index (χ3n) is 9.86. The predicted octanol–water partition coefficient (Wildman–Crippen LogP) is 0.0808. The van der Waals surface area contributed by atoms with Crippen molar-refractivity contribution in [3.8, 4) is 0 Å². The van der Waals surface area contributed by atoms with E-state index in [0.29, 0.717) is 35.0 Å². The van der Waals surface area contributed by atoms with Crippen LogP contribution < -0.4 is 32.3 Å². The highest BCUT2D eigenvalue weighted by molar-refractivity contribution is 8.14. The lowest BCUT2D eigenvalue weighted by molar-refractivity contribution is -0.135. The van der Waals surface area contributed by atoms with Crippen LogP contribution in [0.4, 0.5) is 0 Å². The Kier molecular flexibility index (Phi) is 18.4. The number of nitrogens with two attached hydrogens (primary N) is 1. The van der Waals surface area contributed by atoms with Crippen molar-refractivity contribution in [3.05, 3.63) is 35.9 Å². The summed E-state index contributed by atoms with van der Waals surface area (Å²) >= 11 is 2.65. The van der Waals surface area contributed by atoms with Crippen LogP contribution in [0.5, 0.6) is 0 Å². The number of aliphatic hydroxyl groups excluding tert-OH is 2. The van der Waals surface area contributed by atoms with Crippen LogP contribution in [0.15, 0.2) is 40.3 Å². The van der Waals surface area contributed by atoms with Gasteiger partial charge in [-0.1, -0.05) is 70.9 Å². The van der Waals surface area contributed by atoms with Crippen LogP contribution in [0.25, 0.3) is 0 Å². The van der Waals surface area contributed by atoms with Gasteiger partial charge in [0.15, 0.2) is 0 Å². The Balaban J connectivity index is 1.81. The molecule has 0 radical (unpaired) electrons. The molecule has 0 bridgehead atoms. The predicted molar refractivity (Wildman–Crippen MR) is 219 cm³/mol. The first-order valence-electron chi connectivity index (χ1n) is 19.0. The van der Waals surface area contributed by atoms with Crippen molar-refractivity contribution in [1.29, 1.82) is 0 Å². The molecule has 0 saturated carbocycles. The van der Waals surface area contributed by atoms with Crippen molar-refractivity contribution in [2.75, 3.05) is 11.5 Å². The number of carbonyl (C=O) groups excluding carboxylic acids is 6. The largest absolute Gasteiger partial charge is 0.391 e. The number of aliphatic hydroxyl groups is 2. The number of aldehydes is 1. The highest BCUT2D eigenvalue weighted by Gasteiger charge is 2.38.